The lowest BCUT2D eigenvalue weighted by molar-refractivity contribution is -0.00158. The van der Waals surface area contributed by atoms with Gasteiger partial charge in [0, 0.05) is 23.7 Å². The summed E-state index contributed by atoms with van der Waals surface area (Å²) in [6.45, 7) is 5.75. The van der Waals surface area contributed by atoms with Crippen LogP contribution in [0.3, 0.4) is 0 Å². The van der Waals surface area contributed by atoms with E-state index in [2.05, 4.69) is 12.2 Å². The van der Waals surface area contributed by atoms with Crippen LogP contribution in [0.1, 0.15) is 24.2 Å². The Balaban J connectivity index is 2.40. The topological polar surface area (TPSA) is 39.7 Å². The molecule has 0 aliphatic carbocycles. The van der Waals surface area contributed by atoms with Gasteiger partial charge in [-0.1, -0.05) is 0 Å². The standard InChI is InChI=1S/C14H21NO3/c1-9-12(16-3)6-5-11(13(9)17-4)14-10(2)15-7-8-18-14/h5-6,10,14-15H,7-8H2,1-4H3. The Morgan fingerprint density at radius 3 is 2.67 bits per heavy atom. The van der Waals surface area contributed by atoms with E-state index in [1.807, 2.05) is 19.1 Å². The molecule has 0 saturated carbocycles. The van der Waals surface area contributed by atoms with E-state index in [-0.39, 0.29) is 12.1 Å². The molecule has 100 valence electrons. The maximum absolute atomic E-state index is 5.86. The molecular weight excluding hydrogens is 230 g/mol. The Bertz CT molecular complexity index is 420. The Morgan fingerprint density at radius 1 is 1.28 bits per heavy atom. The Morgan fingerprint density at radius 2 is 2.06 bits per heavy atom. The van der Waals surface area contributed by atoms with Crippen LogP contribution < -0.4 is 14.8 Å². The van der Waals surface area contributed by atoms with Crippen LogP contribution in [0.4, 0.5) is 0 Å². The zero-order valence-electron chi connectivity index (χ0n) is 11.4. The highest BCUT2D eigenvalue weighted by atomic mass is 16.5. The molecule has 2 rings (SSSR count). The summed E-state index contributed by atoms with van der Waals surface area (Å²) in [7, 11) is 3.36. The number of hydrogen-bond donors (Lipinski definition) is 1. The molecule has 0 amide bonds. The van der Waals surface area contributed by atoms with Gasteiger partial charge in [-0.3, -0.25) is 0 Å². The molecule has 0 radical (unpaired) electrons. The fourth-order valence-corrected chi connectivity index (χ4v) is 2.49. The first-order valence-electron chi connectivity index (χ1n) is 6.25. The second kappa shape index (κ2) is 5.59. The molecule has 2 unspecified atom stereocenters. The lowest BCUT2D eigenvalue weighted by Gasteiger charge is -2.32. The van der Waals surface area contributed by atoms with Gasteiger partial charge in [-0.05, 0) is 26.0 Å². The van der Waals surface area contributed by atoms with Gasteiger partial charge in [0.1, 0.15) is 17.6 Å². The van der Waals surface area contributed by atoms with Crippen LogP contribution in [0.25, 0.3) is 0 Å². The van der Waals surface area contributed by atoms with Crippen LogP contribution in [0, 0.1) is 6.92 Å². The molecule has 4 heteroatoms. The maximum Gasteiger partial charge on any atom is 0.131 e. The second-order valence-corrected chi connectivity index (χ2v) is 4.55. The van der Waals surface area contributed by atoms with Gasteiger partial charge in [-0.2, -0.15) is 0 Å². The summed E-state index contributed by atoms with van der Waals surface area (Å²) < 4.78 is 16.7. The highest BCUT2D eigenvalue weighted by molar-refractivity contribution is 5.50. The van der Waals surface area contributed by atoms with Crippen molar-refractivity contribution in [1.82, 2.24) is 5.32 Å². The first kappa shape index (κ1) is 13.2. The summed E-state index contributed by atoms with van der Waals surface area (Å²) in [5, 5.41) is 3.42. The summed E-state index contributed by atoms with van der Waals surface area (Å²) in [6.07, 6.45) is 0.0262. The van der Waals surface area contributed by atoms with E-state index in [0.29, 0.717) is 0 Å². The fourth-order valence-electron chi connectivity index (χ4n) is 2.49. The van der Waals surface area contributed by atoms with Crippen molar-refractivity contribution in [3.63, 3.8) is 0 Å². The van der Waals surface area contributed by atoms with Crippen molar-refractivity contribution in [2.24, 2.45) is 0 Å². The average molecular weight is 251 g/mol. The first-order valence-corrected chi connectivity index (χ1v) is 6.25. The lowest BCUT2D eigenvalue weighted by atomic mass is 9.98. The number of benzene rings is 1. The summed E-state index contributed by atoms with van der Waals surface area (Å²) in [6, 6.07) is 4.27. The third-order valence-electron chi connectivity index (χ3n) is 3.44. The summed E-state index contributed by atoms with van der Waals surface area (Å²) in [5.74, 6) is 1.70. The molecular formula is C14H21NO3. The van der Waals surface area contributed by atoms with E-state index in [1.54, 1.807) is 14.2 Å². The van der Waals surface area contributed by atoms with Gasteiger partial charge in [-0.25, -0.2) is 0 Å². The minimum atomic E-state index is 0.0262. The zero-order valence-corrected chi connectivity index (χ0v) is 11.4. The molecule has 1 saturated heterocycles. The van der Waals surface area contributed by atoms with Crippen LogP contribution in [0.15, 0.2) is 12.1 Å². The first-order chi connectivity index (χ1) is 8.69. The average Bonchev–Trinajstić information content (AvgIpc) is 2.39. The Labute approximate surface area is 108 Å². The van der Waals surface area contributed by atoms with E-state index in [9.17, 15) is 0 Å². The third kappa shape index (κ3) is 2.31. The maximum atomic E-state index is 5.86. The SMILES string of the molecule is COc1ccc(C2OCCNC2C)c(OC)c1C. The van der Waals surface area contributed by atoms with Crippen LogP contribution in [0.2, 0.25) is 0 Å². The van der Waals surface area contributed by atoms with Gasteiger partial charge in [0.2, 0.25) is 0 Å². The molecule has 0 bridgehead atoms. The number of rotatable bonds is 3. The predicted molar refractivity (Wildman–Crippen MR) is 70.4 cm³/mol. The van der Waals surface area contributed by atoms with Crippen LogP contribution in [-0.2, 0) is 4.74 Å². The van der Waals surface area contributed by atoms with Gasteiger partial charge < -0.3 is 19.5 Å². The largest absolute Gasteiger partial charge is 0.496 e. The third-order valence-corrected chi connectivity index (χ3v) is 3.44. The van der Waals surface area contributed by atoms with E-state index >= 15 is 0 Å². The van der Waals surface area contributed by atoms with Crippen LogP contribution in [0.5, 0.6) is 11.5 Å². The van der Waals surface area contributed by atoms with E-state index < -0.39 is 0 Å². The molecule has 0 aromatic heterocycles. The molecule has 1 fully saturated rings. The predicted octanol–water partition coefficient (Wildman–Crippen LogP) is 2.06. The highest BCUT2D eigenvalue weighted by Crippen LogP contribution is 2.37. The van der Waals surface area contributed by atoms with Crippen molar-refractivity contribution >= 4 is 0 Å². The second-order valence-electron chi connectivity index (χ2n) is 4.55. The van der Waals surface area contributed by atoms with Crippen molar-refractivity contribution in [2.75, 3.05) is 27.4 Å². The van der Waals surface area contributed by atoms with E-state index in [1.165, 1.54) is 0 Å². The van der Waals surface area contributed by atoms with Crippen molar-refractivity contribution < 1.29 is 14.2 Å². The van der Waals surface area contributed by atoms with Crippen molar-refractivity contribution in [1.29, 1.82) is 0 Å². The quantitative estimate of drug-likeness (QED) is 0.892. The lowest BCUT2D eigenvalue weighted by Crippen LogP contribution is -2.41. The minimum absolute atomic E-state index is 0.0262. The molecule has 1 aliphatic heterocycles. The van der Waals surface area contributed by atoms with Gasteiger partial charge >= 0.3 is 0 Å². The van der Waals surface area contributed by atoms with Crippen molar-refractivity contribution in [2.45, 2.75) is 26.0 Å². The monoisotopic (exact) mass is 251 g/mol. The molecule has 1 heterocycles. The zero-order chi connectivity index (χ0) is 13.1. The molecule has 1 aliphatic rings. The molecule has 1 aromatic carbocycles. The van der Waals surface area contributed by atoms with Crippen molar-refractivity contribution in [3.8, 4) is 11.5 Å². The molecule has 0 spiro atoms. The number of ether oxygens (including phenoxy) is 3. The summed E-state index contributed by atoms with van der Waals surface area (Å²) in [4.78, 5) is 0. The van der Waals surface area contributed by atoms with Crippen molar-refractivity contribution in [3.05, 3.63) is 23.3 Å². The normalized spacial score (nSPS) is 23.8. The highest BCUT2D eigenvalue weighted by Gasteiger charge is 2.27. The van der Waals surface area contributed by atoms with Crippen LogP contribution >= 0.6 is 0 Å². The smallest absolute Gasteiger partial charge is 0.131 e. The molecule has 1 aromatic rings. The summed E-state index contributed by atoms with van der Waals surface area (Å²) >= 11 is 0. The number of nitrogens with one attached hydrogen (secondary N) is 1. The van der Waals surface area contributed by atoms with E-state index in [4.69, 9.17) is 14.2 Å². The van der Waals surface area contributed by atoms with Gasteiger partial charge in [0.05, 0.1) is 20.8 Å². The molecule has 1 N–H and O–H groups in total. The van der Waals surface area contributed by atoms with E-state index in [0.717, 1.165) is 35.8 Å². The Kier molecular flexibility index (Phi) is 4.09. The van der Waals surface area contributed by atoms with Crippen LogP contribution in [-0.4, -0.2) is 33.4 Å². The Hall–Kier alpha value is -1.26. The molecule has 4 nitrogen and oxygen atoms in total. The molecule has 2 atom stereocenters. The molecule has 18 heavy (non-hydrogen) atoms. The van der Waals surface area contributed by atoms with Gasteiger partial charge in [-0.15, -0.1) is 0 Å². The number of hydrogen-bond acceptors (Lipinski definition) is 4. The van der Waals surface area contributed by atoms with Gasteiger partial charge in [0.25, 0.3) is 0 Å². The fraction of sp³-hybridized carbons (Fsp3) is 0.571. The number of morpholine rings is 1. The summed E-state index contributed by atoms with van der Waals surface area (Å²) in [5.41, 5.74) is 2.09. The minimum Gasteiger partial charge on any atom is -0.496 e. The number of methoxy groups -OCH3 is 2. The van der Waals surface area contributed by atoms with Gasteiger partial charge in [0.15, 0.2) is 0 Å².